The van der Waals surface area contributed by atoms with E-state index in [1.807, 2.05) is 0 Å². The van der Waals surface area contributed by atoms with Gasteiger partial charge in [0.1, 0.15) is 11.6 Å². The van der Waals surface area contributed by atoms with E-state index in [1.54, 1.807) is 6.92 Å². The van der Waals surface area contributed by atoms with Gasteiger partial charge in [0.15, 0.2) is 23.1 Å². The Morgan fingerprint density at radius 3 is 2.48 bits per heavy atom. The maximum atomic E-state index is 14.6. The summed E-state index contributed by atoms with van der Waals surface area (Å²) in [5.41, 5.74) is -1.13. The van der Waals surface area contributed by atoms with Crippen LogP contribution in [0.25, 0.3) is 0 Å². The first kappa shape index (κ1) is 24.0. The van der Waals surface area contributed by atoms with Gasteiger partial charge in [-0.3, -0.25) is 14.7 Å². The summed E-state index contributed by atoms with van der Waals surface area (Å²) < 4.78 is 55.8. The number of aromatic amines is 1. The van der Waals surface area contributed by atoms with Gasteiger partial charge in [0, 0.05) is 19.0 Å². The number of aromatic nitrogens is 2. The molecule has 0 bridgehead atoms. The van der Waals surface area contributed by atoms with Crippen LogP contribution < -0.4 is 5.43 Å². The minimum atomic E-state index is -1.14. The van der Waals surface area contributed by atoms with Gasteiger partial charge in [-0.2, -0.15) is 5.10 Å². The van der Waals surface area contributed by atoms with Gasteiger partial charge in [-0.15, -0.1) is 0 Å². The lowest BCUT2D eigenvalue weighted by molar-refractivity contribution is 0.0740. The Balaban J connectivity index is 1.96. The third kappa shape index (κ3) is 5.39. The average Bonchev–Trinajstić information content (AvgIpc) is 2.79. The number of halogens is 4. The Bertz CT molecular complexity index is 1220. The van der Waals surface area contributed by atoms with E-state index in [0.29, 0.717) is 6.42 Å². The highest BCUT2D eigenvalue weighted by molar-refractivity contribution is 5.94. The van der Waals surface area contributed by atoms with Crippen molar-refractivity contribution in [2.75, 3.05) is 13.1 Å². The fraction of sp³-hybridized carbons (Fsp3) is 0.261. The van der Waals surface area contributed by atoms with Crippen molar-refractivity contribution in [3.8, 4) is 5.75 Å². The smallest absolute Gasteiger partial charge is 0.275 e. The van der Waals surface area contributed by atoms with E-state index in [0.717, 1.165) is 36.5 Å². The Hall–Kier alpha value is -3.69. The van der Waals surface area contributed by atoms with Crippen LogP contribution in [0.3, 0.4) is 0 Å². The molecule has 0 aliphatic carbocycles. The van der Waals surface area contributed by atoms with Crippen molar-refractivity contribution in [2.24, 2.45) is 0 Å². The molecule has 6 nitrogen and oxygen atoms in total. The van der Waals surface area contributed by atoms with E-state index in [9.17, 15) is 32.3 Å². The van der Waals surface area contributed by atoms with Crippen molar-refractivity contribution in [1.29, 1.82) is 0 Å². The SMILES string of the molecule is CCCN(CCC(c1ccc(F)c(F)c1)c1cc(F)ccc1F)C(=O)c1[nH]ncc(=O)c1O. The maximum Gasteiger partial charge on any atom is 0.275 e. The molecule has 1 heterocycles. The Labute approximate surface area is 186 Å². The van der Waals surface area contributed by atoms with Gasteiger partial charge in [0.25, 0.3) is 5.91 Å². The van der Waals surface area contributed by atoms with Gasteiger partial charge in [-0.25, -0.2) is 17.6 Å². The van der Waals surface area contributed by atoms with E-state index < -0.39 is 52.0 Å². The molecule has 1 aromatic heterocycles. The van der Waals surface area contributed by atoms with Gasteiger partial charge in [0.05, 0.1) is 6.20 Å². The van der Waals surface area contributed by atoms with E-state index >= 15 is 0 Å². The molecule has 3 aromatic rings. The molecule has 1 atom stereocenters. The van der Waals surface area contributed by atoms with Gasteiger partial charge < -0.3 is 10.0 Å². The fourth-order valence-corrected chi connectivity index (χ4v) is 3.58. The van der Waals surface area contributed by atoms with Crippen LogP contribution >= 0.6 is 0 Å². The first-order valence-corrected chi connectivity index (χ1v) is 10.2. The summed E-state index contributed by atoms with van der Waals surface area (Å²) in [4.78, 5) is 25.9. The number of carbonyl (C=O) groups excluding carboxylic acids is 1. The minimum Gasteiger partial charge on any atom is -0.502 e. The highest BCUT2D eigenvalue weighted by Gasteiger charge is 2.25. The van der Waals surface area contributed by atoms with Crippen molar-refractivity contribution >= 4 is 5.91 Å². The van der Waals surface area contributed by atoms with Gasteiger partial charge in [-0.05, 0) is 54.3 Å². The molecule has 2 N–H and O–H groups in total. The lowest BCUT2D eigenvalue weighted by Gasteiger charge is -2.26. The third-order valence-corrected chi connectivity index (χ3v) is 5.19. The largest absolute Gasteiger partial charge is 0.502 e. The highest BCUT2D eigenvalue weighted by atomic mass is 19.2. The molecular formula is C23H21F4N3O3. The molecule has 0 radical (unpaired) electrons. The lowest BCUT2D eigenvalue weighted by atomic mass is 9.87. The number of nitrogens with one attached hydrogen (secondary N) is 1. The molecule has 0 saturated heterocycles. The molecule has 0 aliphatic heterocycles. The Kier molecular flexibility index (Phi) is 7.47. The highest BCUT2D eigenvalue weighted by Crippen LogP contribution is 2.32. The van der Waals surface area contributed by atoms with E-state index in [2.05, 4.69) is 10.2 Å². The number of carbonyl (C=O) groups is 1. The Morgan fingerprint density at radius 2 is 1.79 bits per heavy atom. The third-order valence-electron chi connectivity index (χ3n) is 5.19. The van der Waals surface area contributed by atoms with Crippen molar-refractivity contribution in [1.82, 2.24) is 15.1 Å². The van der Waals surface area contributed by atoms with Crippen LogP contribution in [0.1, 0.15) is 47.3 Å². The van der Waals surface area contributed by atoms with Gasteiger partial charge >= 0.3 is 0 Å². The average molecular weight is 463 g/mol. The topological polar surface area (TPSA) is 86.3 Å². The van der Waals surface area contributed by atoms with Crippen molar-refractivity contribution in [2.45, 2.75) is 25.7 Å². The molecular weight excluding hydrogens is 442 g/mol. The number of rotatable bonds is 8. The molecule has 1 unspecified atom stereocenters. The standard InChI is InChI=1S/C23H21F4N3O3/c1-2-8-30(23(33)21-22(32)20(31)12-28-29-21)9-7-15(13-3-5-18(26)19(27)10-13)16-11-14(24)4-6-17(16)25/h3-6,10-12,15H,2,7-9H2,1H3,(H,28,32)(H,29,31). The molecule has 0 spiro atoms. The number of hydrogen-bond donors (Lipinski definition) is 2. The fourth-order valence-electron chi connectivity index (χ4n) is 3.58. The number of aromatic hydroxyl groups is 1. The van der Waals surface area contributed by atoms with Crippen LogP contribution in [0.15, 0.2) is 47.4 Å². The van der Waals surface area contributed by atoms with Crippen LogP contribution in [0.2, 0.25) is 0 Å². The number of amides is 1. The first-order chi connectivity index (χ1) is 15.7. The molecule has 2 aromatic carbocycles. The summed E-state index contributed by atoms with van der Waals surface area (Å²) in [5.74, 6) is -6.10. The molecule has 33 heavy (non-hydrogen) atoms. The normalized spacial score (nSPS) is 11.9. The quantitative estimate of drug-likeness (QED) is 0.493. The summed E-state index contributed by atoms with van der Waals surface area (Å²) in [6.45, 7) is 1.99. The number of nitrogens with zero attached hydrogens (tertiary/aromatic N) is 2. The van der Waals surface area contributed by atoms with Crippen LogP contribution in [0.4, 0.5) is 17.6 Å². The number of H-pyrrole nitrogens is 1. The minimum absolute atomic E-state index is 0.0163. The molecule has 0 saturated carbocycles. The molecule has 0 fully saturated rings. The van der Waals surface area contributed by atoms with Crippen LogP contribution in [-0.2, 0) is 0 Å². The van der Waals surface area contributed by atoms with Crippen molar-refractivity contribution in [3.05, 3.63) is 92.9 Å². The monoisotopic (exact) mass is 463 g/mol. The Morgan fingerprint density at radius 1 is 1.06 bits per heavy atom. The predicted octanol–water partition coefficient (Wildman–Crippen LogP) is 4.11. The van der Waals surface area contributed by atoms with Crippen LogP contribution in [-0.4, -0.2) is 39.2 Å². The first-order valence-electron chi connectivity index (χ1n) is 10.2. The van der Waals surface area contributed by atoms with E-state index in [1.165, 1.54) is 11.0 Å². The summed E-state index contributed by atoms with van der Waals surface area (Å²) in [7, 11) is 0. The summed E-state index contributed by atoms with van der Waals surface area (Å²) in [6.07, 6.45) is 1.35. The summed E-state index contributed by atoms with van der Waals surface area (Å²) >= 11 is 0. The zero-order chi connectivity index (χ0) is 24.1. The number of hydrogen-bond acceptors (Lipinski definition) is 4. The van der Waals surface area contributed by atoms with Crippen molar-refractivity contribution < 1.29 is 27.5 Å². The summed E-state index contributed by atoms with van der Waals surface area (Å²) in [6, 6.07) is 5.91. The van der Waals surface area contributed by atoms with Crippen molar-refractivity contribution in [3.63, 3.8) is 0 Å². The molecule has 3 rings (SSSR count). The zero-order valence-corrected chi connectivity index (χ0v) is 17.6. The van der Waals surface area contributed by atoms with Crippen LogP contribution in [0, 0.1) is 23.3 Å². The zero-order valence-electron chi connectivity index (χ0n) is 17.6. The van der Waals surface area contributed by atoms with E-state index in [4.69, 9.17) is 0 Å². The molecule has 0 aliphatic rings. The molecule has 10 heteroatoms. The van der Waals surface area contributed by atoms with Gasteiger partial charge in [-0.1, -0.05) is 13.0 Å². The molecule has 174 valence electrons. The second-order valence-electron chi connectivity index (χ2n) is 7.43. The second-order valence-corrected chi connectivity index (χ2v) is 7.43. The second kappa shape index (κ2) is 10.3. The summed E-state index contributed by atoms with van der Waals surface area (Å²) in [5, 5.41) is 15.8. The maximum absolute atomic E-state index is 14.6. The predicted molar refractivity (Wildman–Crippen MR) is 112 cm³/mol. The number of benzene rings is 2. The van der Waals surface area contributed by atoms with Crippen LogP contribution in [0.5, 0.6) is 5.75 Å². The van der Waals surface area contributed by atoms with E-state index in [-0.39, 0.29) is 30.6 Å². The molecule has 1 amide bonds. The van der Waals surface area contributed by atoms with Gasteiger partial charge in [0.2, 0.25) is 5.43 Å². The lowest BCUT2D eigenvalue weighted by Crippen LogP contribution is -2.35.